The summed E-state index contributed by atoms with van der Waals surface area (Å²) in [5, 5.41) is 11.1. The van der Waals surface area contributed by atoms with Gasteiger partial charge in [-0.1, -0.05) is 34.8 Å². The van der Waals surface area contributed by atoms with E-state index in [4.69, 9.17) is 34.8 Å². The van der Waals surface area contributed by atoms with Gasteiger partial charge in [-0.15, -0.1) is 0 Å². The molecule has 2 aromatic carbocycles. The van der Waals surface area contributed by atoms with Crippen LogP contribution in [0.4, 0.5) is 11.4 Å². The van der Waals surface area contributed by atoms with Crippen molar-refractivity contribution >= 4 is 56.2 Å². The fourth-order valence-corrected chi connectivity index (χ4v) is 4.04. The van der Waals surface area contributed by atoms with Crippen LogP contribution >= 0.6 is 34.8 Å². The summed E-state index contributed by atoms with van der Waals surface area (Å²) < 4.78 is 26.2. The van der Waals surface area contributed by atoms with Crippen LogP contribution in [0.3, 0.4) is 0 Å². The third kappa shape index (κ3) is 3.53. The van der Waals surface area contributed by atoms with E-state index >= 15 is 0 Å². The highest BCUT2D eigenvalue weighted by Gasteiger charge is 2.27. The maximum absolute atomic E-state index is 12.7. The molecule has 0 N–H and O–H groups in total. The predicted molar refractivity (Wildman–Crippen MR) is 90.2 cm³/mol. The highest BCUT2D eigenvalue weighted by atomic mass is 35.5. The van der Waals surface area contributed by atoms with Gasteiger partial charge in [0.1, 0.15) is 4.90 Å². The molecule has 2 aromatic rings. The lowest BCUT2D eigenvalue weighted by Gasteiger charge is -2.21. The zero-order chi connectivity index (χ0) is 17.4. The Balaban J connectivity index is 2.59. The van der Waals surface area contributed by atoms with Crippen LogP contribution in [-0.2, 0) is 10.0 Å². The Kier molecular flexibility index (Phi) is 5.05. The molecule has 0 saturated carbocycles. The van der Waals surface area contributed by atoms with Crippen LogP contribution in [0.25, 0.3) is 0 Å². The van der Waals surface area contributed by atoms with Crippen LogP contribution in [0, 0.1) is 10.1 Å². The first-order chi connectivity index (χ1) is 10.6. The van der Waals surface area contributed by atoms with Gasteiger partial charge in [0.25, 0.3) is 15.7 Å². The number of nitro groups is 1. The van der Waals surface area contributed by atoms with Gasteiger partial charge in [-0.3, -0.25) is 14.4 Å². The molecule has 2 rings (SSSR count). The molecule has 0 aromatic heterocycles. The molecule has 0 radical (unpaired) electrons. The van der Waals surface area contributed by atoms with Crippen LogP contribution in [0.1, 0.15) is 0 Å². The molecule has 0 aliphatic carbocycles. The summed E-state index contributed by atoms with van der Waals surface area (Å²) in [7, 11) is -2.88. The first kappa shape index (κ1) is 17.8. The molecule has 10 heteroatoms. The van der Waals surface area contributed by atoms with Gasteiger partial charge in [-0.25, -0.2) is 8.42 Å². The van der Waals surface area contributed by atoms with Crippen LogP contribution in [0.15, 0.2) is 41.3 Å². The molecule has 0 spiro atoms. The topological polar surface area (TPSA) is 80.5 Å². The minimum absolute atomic E-state index is 0.0252. The number of benzene rings is 2. The fourth-order valence-electron chi connectivity index (χ4n) is 1.81. The van der Waals surface area contributed by atoms with E-state index in [0.29, 0.717) is 0 Å². The maximum Gasteiger partial charge on any atom is 0.271 e. The maximum atomic E-state index is 12.7. The first-order valence-corrected chi connectivity index (χ1v) is 8.60. The van der Waals surface area contributed by atoms with E-state index in [-0.39, 0.29) is 31.3 Å². The third-order valence-corrected chi connectivity index (χ3v) is 5.82. The molecular weight excluding hydrogens is 387 g/mol. The largest absolute Gasteiger partial charge is 0.271 e. The van der Waals surface area contributed by atoms with Gasteiger partial charge in [-0.05, 0) is 24.3 Å². The van der Waals surface area contributed by atoms with Gasteiger partial charge in [0, 0.05) is 24.2 Å². The van der Waals surface area contributed by atoms with Crippen molar-refractivity contribution in [2.24, 2.45) is 0 Å². The Hall–Kier alpha value is -1.54. The molecule has 0 aliphatic rings. The summed E-state index contributed by atoms with van der Waals surface area (Å²) in [4.78, 5) is 9.99. The molecular formula is C13H9Cl3N2O4S. The standard InChI is InChI=1S/C13H9Cl3N2O4S/c1-17(12-7-9(18(19)20)3-5-10(12)15)23(21,22)13-6-8(14)2-4-11(13)16/h2-7H,1H3. The number of nitrogens with zero attached hydrogens (tertiary/aromatic N) is 2. The highest BCUT2D eigenvalue weighted by molar-refractivity contribution is 7.93. The summed E-state index contributed by atoms with van der Waals surface area (Å²) >= 11 is 17.7. The number of rotatable bonds is 4. The Morgan fingerprint density at radius 1 is 1.04 bits per heavy atom. The summed E-state index contributed by atoms with van der Waals surface area (Å²) in [6.07, 6.45) is 0. The summed E-state index contributed by atoms with van der Waals surface area (Å²) in [6, 6.07) is 7.49. The van der Waals surface area contributed by atoms with Crippen molar-refractivity contribution in [3.63, 3.8) is 0 Å². The molecule has 122 valence electrons. The zero-order valence-corrected chi connectivity index (χ0v) is 14.6. The third-order valence-electron chi connectivity index (χ3n) is 3.01. The summed E-state index contributed by atoms with van der Waals surface area (Å²) in [5.41, 5.74) is -0.333. The van der Waals surface area contributed by atoms with Gasteiger partial charge >= 0.3 is 0 Å². The molecule has 0 aliphatic heterocycles. The lowest BCUT2D eigenvalue weighted by atomic mass is 10.3. The Morgan fingerprint density at radius 3 is 2.26 bits per heavy atom. The molecule has 0 saturated heterocycles. The van der Waals surface area contributed by atoms with Crippen molar-refractivity contribution in [2.75, 3.05) is 11.4 Å². The van der Waals surface area contributed by atoms with E-state index in [9.17, 15) is 18.5 Å². The van der Waals surface area contributed by atoms with Gasteiger partial charge < -0.3 is 0 Å². The lowest BCUT2D eigenvalue weighted by molar-refractivity contribution is -0.384. The Bertz CT molecular complexity index is 887. The lowest BCUT2D eigenvalue weighted by Crippen LogP contribution is -2.27. The second-order valence-corrected chi connectivity index (χ2v) is 7.63. The minimum atomic E-state index is -4.10. The van der Waals surface area contributed by atoms with Crippen molar-refractivity contribution in [3.05, 3.63) is 61.6 Å². The van der Waals surface area contributed by atoms with Gasteiger partial charge in [0.2, 0.25) is 0 Å². The van der Waals surface area contributed by atoms with Gasteiger partial charge in [0.15, 0.2) is 0 Å². The normalized spacial score (nSPS) is 11.3. The molecule has 0 amide bonds. The molecule has 0 heterocycles. The van der Waals surface area contributed by atoms with E-state index in [1.54, 1.807) is 0 Å². The van der Waals surface area contributed by atoms with Crippen LogP contribution in [-0.4, -0.2) is 20.4 Å². The van der Waals surface area contributed by atoms with E-state index in [0.717, 1.165) is 10.4 Å². The SMILES string of the molecule is CN(c1cc([N+](=O)[O-])ccc1Cl)S(=O)(=O)c1cc(Cl)ccc1Cl. The average Bonchev–Trinajstić information content (AvgIpc) is 2.49. The monoisotopic (exact) mass is 394 g/mol. The Labute approximate surface area is 147 Å². The quantitative estimate of drug-likeness (QED) is 0.568. The fraction of sp³-hybridized carbons (Fsp3) is 0.0769. The smallest absolute Gasteiger partial charge is 0.268 e. The van der Waals surface area contributed by atoms with Crippen LogP contribution in [0.2, 0.25) is 15.1 Å². The number of anilines is 1. The second kappa shape index (κ2) is 6.52. The van der Waals surface area contributed by atoms with E-state index in [1.807, 2.05) is 0 Å². The van der Waals surface area contributed by atoms with E-state index in [1.165, 1.54) is 37.4 Å². The van der Waals surface area contributed by atoms with Crippen molar-refractivity contribution in [3.8, 4) is 0 Å². The van der Waals surface area contributed by atoms with Gasteiger partial charge in [-0.2, -0.15) is 0 Å². The summed E-state index contributed by atoms with van der Waals surface area (Å²) in [6.45, 7) is 0. The molecule has 0 bridgehead atoms. The Morgan fingerprint density at radius 2 is 1.65 bits per heavy atom. The molecule has 23 heavy (non-hydrogen) atoms. The molecule has 0 fully saturated rings. The van der Waals surface area contributed by atoms with Crippen LogP contribution < -0.4 is 4.31 Å². The molecule has 6 nitrogen and oxygen atoms in total. The van der Waals surface area contributed by atoms with Crippen molar-refractivity contribution in [1.82, 2.24) is 0 Å². The van der Waals surface area contributed by atoms with Crippen molar-refractivity contribution in [1.29, 1.82) is 0 Å². The predicted octanol–water partition coefficient (Wildman–Crippen LogP) is 4.38. The highest BCUT2D eigenvalue weighted by Crippen LogP contribution is 2.35. The number of halogens is 3. The number of non-ortho nitro benzene ring substituents is 1. The molecule has 0 atom stereocenters. The second-order valence-electron chi connectivity index (χ2n) is 4.44. The number of hydrogen-bond acceptors (Lipinski definition) is 4. The van der Waals surface area contributed by atoms with Gasteiger partial charge in [0.05, 0.1) is 20.7 Å². The molecule has 0 unspecified atom stereocenters. The van der Waals surface area contributed by atoms with Crippen LogP contribution in [0.5, 0.6) is 0 Å². The van der Waals surface area contributed by atoms with E-state index < -0.39 is 14.9 Å². The summed E-state index contributed by atoms with van der Waals surface area (Å²) in [5.74, 6) is 0. The number of nitro benzene ring substituents is 1. The average molecular weight is 396 g/mol. The minimum Gasteiger partial charge on any atom is -0.268 e. The van der Waals surface area contributed by atoms with E-state index in [2.05, 4.69) is 0 Å². The van der Waals surface area contributed by atoms with Crippen molar-refractivity contribution < 1.29 is 13.3 Å². The zero-order valence-electron chi connectivity index (χ0n) is 11.5. The first-order valence-electron chi connectivity index (χ1n) is 6.02. The number of sulfonamides is 1. The number of hydrogen-bond donors (Lipinski definition) is 0. The van der Waals surface area contributed by atoms with Crippen molar-refractivity contribution in [2.45, 2.75) is 4.90 Å².